The lowest BCUT2D eigenvalue weighted by Gasteiger charge is -2.15. The molecule has 8 nitrogen and oxygen atoms in total. The normalized spacial score (nSPS) is 18.3. The zero-order valence-corrected chi connectivity index (χ0v) is 12.8. The lowest BCUT2D eigenvalue weighted by Crippen LogP contribution is -2.31. The van der Waals surface area contributed by atoms with Gasteiger partial charge in [-0.1, -0.05) is 12.1 Å². The molecule has 1 saturated heterocycles. The average molecular weight is 329 g/mol. The third-order valence-corrected chi connectivity index (χ3v) is 3.51. The highest BCUT2D eigenvalue weighted by molar-refractivity contribution is 7.86. The molecular weight excluding hydrogens is 314 g/mol. The van der Waals surface area contributed by atoms with E-state index in [1.807, 2.05) is 0 Å². The smallest absolute Gasteiger partial charge is 0.338 e. The third kappa shape index (κ3) is 3.81. The van der Waals surface area contributed by atoms with E-state index in [2.05, 4.69) is 4.74 Å². The van der Waals surface area contributed by atoms with Gasteiger partial charge in [0.2, 0.25) is 0 Å². The number of carbonyl (C=O) groups is 2. The van der Waals surface area contributed by atoms with Gasteiger partial charge in [0.1, 0.15) is 12.7 Å². The summed E-state index contributed by atoms with van der Waals surface area (Å²) in [6.07, 6.45) is 0.147. The number of esters is 1. The lowest BCUT2D eigenvalue weighted by molar-refractivity contribution is -0.0778. The Hall–Kier alpha value is -1.97. The summed E-state index contributed by atoms with van der Waals surface area (Å²) in [6.45, 7) is -0.124. The highest BCUT2D eigenvalue weighted by Crippen LogP contribution is 2.18. The third-order valence-electron chi connectivity index (χ3n) is 2.89. The molecule has 1 aromatic carbocycles. The van der Waals surface area contributed by atoms with Crippen molar-refractivity contribution in [2.24, 2.45) is 0 Å². The molecule has 0 radical (unpaired) electrons. The van der Waals surface area contributed by atoms with Crippen LogP contribution in [-0.4, -0.2) is 58.0 Å². The largest absolute Gasteiger partial charge is 0.465 e. The Morgan fingerprint density at radius 2 is 1.91 bits per heavy atom. The second-order valence-corrected chi connectivity index (χ2v) is 6.22. The number of rotatable bonds is 4. The number of benzene rings is 1. The van der Waals surface area contributed by atoms with Crippen LogP contribution in [0.1, 0.15) is 20.7 Å². The first-order chi connectivity index (χ1) is 10.3. The van der Waals surface area contributed by atoms with E-state index in [9.17, 15) is 18.0 Å². The van der Waals surface area contributed by atoms with Crippen LogP contribution in [0, 0.1) is 0 Å². The summed E-state index contributed by atoms with van der Waals surface area (Å²) in [6, 6.07) is 6.12. The fraction of sp³-hybridized carbons (Fsp3) is 0.385. The minimum Gasteiger partial charge on any atom is -0.465 e. The molecule has 0 spiro atoms. The zero-order valence-electron chi connectivity index (χ0n) is 12.0. The van der Waals surface area contributed by atoms with E-state index in [0.717, 1.165) is 11.3 Å². The summed E-state index contributed by atoms with van der Waals surface area (Å²) in [5.41, 5.74) is 0.209. The molecule has 0 saturated carbocycles. The first kappa shape index (κ1) is 16.4. The standard InChI is InChI=1S/C13H15NO7S/c1-19-13(16)11-6-4-3-5-10(11)12(15)14-7-9(8-20-14)21-22(2,17)18/h3-6,9H,7-8H2,1-2H3. The van der Waals surface area contributed by atoms with Crippen molar-refractivity contribution in [2.75, 3.05) is 26.5 Å². The van der Waals surface area contributed by atoms with E-state index in [4.69, 9.17) is 9.02 Å². The van der Waals surface area contributed by atoms with E-state index in [-0.39, 0.29) is 24.3 Å². The van der Waals surface area contributed by atoms with E-state index in [0.29, 0.717) is 0 Å². The minimum absolute atomic E-state index is 0.0542. The molecule has 0 aliphatic carbocycles. The average Bonchev–Trinajstić information content (AvgIpc) is 2.92. The van der Waals surface area contributed by atoms with Gasteiger partial charge in [-0.15, -0.1) is 0 Å². The molecule has 1 fully saturated rings. The van der Waals surface area contributed by atoms with Crippen LogP contribution < -0.4 is 0 Å². The number of hydrogen-bond acceptors (Lipinski definition) is 7. The van der Waals surface area contributed by atoms with Gasteiger partial charge in [-0.3, -0.25) is 13.8 Å². The molecule has 1 aliphatic rings. The molecule has 1 unspecified atom stereocenters. The lowest BCUT2D eigenvalue weighted by atomic mass is 10.1. The van der Waals surface area contributed by atoms with E-state index >= 15 is 0 Å². The van der Waals surface area contributed by atoms with E-state index in [1.54, 1.807) is 12.1 Å². The maximum absolute atomic E-state index is 12.4. The van der Waals surface area contributed by atoms with Crippen molar-refractivity contribution in [2.45, 2.75) is 6.10 Å². The SMILES string of the molecule is COC(=O)c1ccccc1C(=O)N1CC(OS(C)(=O)=O)CO1. The van der Waals surface area contributed by atoms with Crippen molar-refractivity contribution < 1.29 is 31.8 Å². The fourth-order valence-corrected chi connectivity index (χ4v) is 2.61. The molecule has 0 aromatic heterocycles. The molecule has 1 aliphatic heterocycles. The number of carbonyl (C=O) groups excluding carboxylic acids is 2. The van der Waals surface area contributed by atoms with Crippen molar-refractivity contribution in [3.63, 3.8) is 0 Å². The van der Waals surface area contributed by atoms with Crippen molar-refractivity contribution in [1.29, 1.82) is 0 Å². The van der Waals surface area contributed by atoms with Crippen molar-refractivity contribution in [1.82, 2.24) is 5.06 Å². The molecular formula is C13H15NO7S. The summed E-state index contributed by atoms with van der Waals surface area (Å²) in [7, 11) is -2.42. The van der Waals surface area contributed by atoms with Crippen LogP contribution in [0.3, 0.4) is 0 Å². The first-order valence-electron chi connectivity index (χ1n) is 6.32. The summed E-state index contributed by atoms with van der Waals surface area (Å²) in [5.74, 6) is -1.22. The predicted octanol–water partition coefficient (Wildman–Crippen LogP) is 0.205. The van der Waals surface area contributed by atoms with Crippen LogP contribution in [-0.2, 0) is 23.9 Å². The van der Waals surface area contributed by atoms with E-state index < -0.39 is 28.1 Å². The van der Waals surface area contributed by atoms with Crippen LogP contribution in [0.2, 0.25) is 0 Å². The van der Waals surface area contributed by atoms with Crippen LogP contribution >= 0.6 is 0 Å². The van der Waals surface area contributed by atoms with Gasteiger partial charge in [-0.2, -0.15) is 8.42 Å². The predicted molar refractivity (Wildman–Crippen MR) is 74.5 cm³/mol. The molecule has 0 bridgehead atoms. The first-order valence-corrected chi connectivity index (χ1v) is 8.14. The topological polar surface area (TPSA) is 99.2 Å². The van der Waals surface area contributed by atoms with Crippen molar-refractivity contribution >= 4 is 22.0 Å². The second-order valence-electron chi connectivity index (χ2n) is 4.62. The molecule has 1 aromatic rings. The van der Waals surface area contributed by atoms with Crippen molar-refractivity contribution in [3.8, 4) is 0 Å². The number of methoxy groups -OCH3 is 1. The second kappa shape index (κ2) is 6.42. The fourth-order valence-electron chi connectivity index (χ4n) is 2.00. The number of amides is 1. The Kier molecular flexibility index (Phi) is 4.79. The zero-order chi connectivity index (χ0) is 16.3. The molecule has 1 atom stereocenters. The van der Waals surface area contributed by atoms with Gasteiger partial charge in [0.15, 0.2) is 0 Å². The van der Waals surface area contributed by atoms with Gasteiger partial charge in [0.05, 0.1) is 31.0 Å². The highest BCUT2D eigenvalue weighted by atomic mass is 32.2. The van der Waals surface area contributed by atoms with Gasteiger partial charge in [-0.25, -0.2) is 9.86 Å². The van der Waals surface area contributed by atoms with Gasteiger partial charge < -0.3 is 4.74 Å². The highest BCUT2D eigenvalue weighted by Gasteiger charge is 2.33. The van der Waals surface area contributed by atoms with Crippen LogP contribution in [0.15, 0.2) is 24.3 Å². The molecule has 1 heterocycles. The molecule has 1 amide bonds. The summed E-state index contributed by atoms with van der Waals surface area (Å²) in [4.78, 5) is 29.2. The Morgan fingerprint density at radius 1 is 1.27 bits per heavy atom. The maximum Gasteiger partial charge on any atom is 0.338 e. The quantitative estimate of drug-likeness (QED) is 0.575. The number of nitrogens with zero attached hydrogens (tertiary/aromatic N) is 1. The molecule has 2 rings (SSSR count). The van der Waals surface area contributed by atoms with Gasteiger partial charge in [0, 0.05) is 0 Å². The molecule has 120 valence electrons. The van der Waals surface area contributed by atoms with E-state index in [1.165, 1.54) is 19.2 Å². The van der Waals surface area contributed by atoms with Gasteiger partial charge >= 0.3 is 5.97 Å². The number of hydroxylamine groups is 2. The monoisotopic (exact) mass is 329 g/mol. The van der Waals surface area contributed by atoms with Crippen LogP contribution in [0.5, 0.6) is 0 Å². The molecule has 9 heteroatoms. The van der Waals surface area contributed by atoms with Crippen LogP contribution in [0.25, 0.3) is 0 Å². The number of hydrogen-bond donors (Lipinski definition) is 0. The van der Waals surface area contributed by atoms with Crippen molar-refractivity contribution in [3.05, 3.63) is 35.4 Å². The Morgan fingerprint density at radius 3 is 2.50 bits per heavy atom. The van der Waals surface area contributed by atoms with Gasteiger partial charge in [-0.05, 0) is 12.1 Å². The van der Waals surface area contributed by atoms with Crippen LogP contribution in [0.4, 0.5) is 0 Å². The molecule has 0 N–H and O–H groups in total. The maximum atomic E-state index is 12.4. The summed E-state index contributed by atoms with van der Waals surface area (Å²) < 4.78 is 31.5. The minimum atomic E-state index is -3.64. The summed E-state index contributed by atoms with van der Waals surface area (Å²) >= 11 is 0. The van der Waals surface area contributed by atoms with Gasteiger partial charge in [0.25, 0.3) is 16.0 Å². The molecule has 22 heavy (non-hydrogen) atoms. The Balaban J connectivity index is 2.15. The summed E-state index contributed by atoms with van der Waals surface area (Å²) in [5, 5.41) is 0.970. The number of ether oxygens (including phenoxy) is 1. The Labute approximate surface area is 127 Å². The Bertz CT molecular complexity index is 685.